The van der Waals surface area contributed by atoms with E-state index >= 15 is 0 Å². The van der Waals surface area contributed by atoms with Crippen LogP contribution in [-0.2, 0) is 14.8 Å². The molecule has 0 spiro atoms. The maximum atomic E-state index is 12.7. The SMILES string of the molecule is CCOC(=O)c1ccc(NC(=O)c2ccc(C)c(NS(=O)(=O)c3ccccc3)c2)cc1. The van der Waals surface area contributed by atoms with Crippen LogP contribution in [0.5, 0.6) is 0 Å². The zero-order valence-electron chi connectivity index (χ0n) is 17.1. The molecule has 0 radical (unpaired) electrons. The number of hydrogen-bond donors (Lipinski definition) is 2. The molecule has 3 aromatic carbocycles. The number of nitrogens with one attached hydrogen (secondary N) is 2. The van der Waals surface area contributed by atoms with Crippen LogP contribution in [0.15, 0.2) is 77.7 Å². The molecule has 0 atom stereocenters. The molecule has 0 heterocycles. The van der Waals surface area contributed by atoms with Gasteiger partial charge in [-0.05, 0) is 67.9 Å². The molecule has 0 aliphatic rings. The van der Waals surface area contributed by atoms with Crippen LogP contribution in [0, 0.1) is 6.92 Å². The number of esters is 1. The summed E-state index contributed by atoms with van der Waals surface area (Å²) in [5.74, 6) is -0.849. The molecule has 0 aliphatic heterocycles. The fourth-order valence-electron chi connectivity index (χ4n) is 2.78. The summed E-state index contributed by atoms with van der Waals surface area (Å²) in [4.78, 5) is 24.5. The third-order valence-corrected chi connectivity index (χ3v) is 5.83. The van der Waals surface area contributed by atoms with Crippen LogP contribution in [0.2, 0.25) is 0 Å². The number of amides is 1. The van der Waals surface area contributed by atoms with Crippen molar-refractivity contribution < 1.29 is 22.7 Å². The Hall–Kier alpha value is -3.65. The van der Waals surface area contributed by atoms with Crippen molar-refractivity contribution in [2.45, 2.75) is 18.7 Å². The van der Waals surface area contributed by atoms with Crippen LogP contribution in [0.3, 0.4) is 0 Å². The molecule has 8 heteroatoms. The van der Waals surface area contributed by atoms with Crippen molar-refractivity contribution in [2.24, 2.45) is 0 Å². The maximum Gasteiger partial charge on any atom is 0.338 e. The van der Waals surface area contributed by atoms with E-state index in [1.807, 2.05) is 0 Å². The van der Waals surface area contributed by atoms with Crippen molar-refractivity contribution in [3.63, 3.8) is 0 Å². The number of ether oxygens (including phenoxy) is 1. The highest BCUT2D eigenvalue weighted by molar-refractivity contribution is 7.92. The fourth-order valence-corrected chi connectivity index (χ4v) is 3.93. The van der Waals surface area contributed by atoms with Gasteiger partial charge in [0.1, 0.15) is 0 Å². The summed E-state index contributed by atoms with van der Waals surface area (Å²) >= 11 is 0. The number of carbonyl (C=O) groups excluding carboxylic acids is 2. The predicted octanol–water partition coefficient (Wildman–Crippen LogP) is 4.22. The van der Waals surface area contributed by atoms with Crippen LogP contribution < -0.4 is 10.0 Å². The lowest BCUT2D eigenvalue weighted by Crippen LogP contribution is -2.16. The minimum absolute atomic E-state index is 0.131. The summed E-state index contributed by atoms with van der Waals surface area (Å²) in [5, 5.41) is 2.73. The minimum atomic E-state index is -3.78. The molecular weight excluding hydrogens is 416 g/mol. The molecule has 0 bridgehead atoms. The van der Waals surface area contributed by atoms with Gasteiger partial charge < -0.3 is 10.1 Å². The molecule has 1 amide bonds. The molecule has 160 valence electrons. The number of rotatable bonds is 7. The lowest BCUT2D eigenvalue weighted by molar-refractivity contribution is 0.0526. The lowest BCUT2D eigenvalue weighted by Gasteiger charge is -2.13. The summed E-state index contributed by atoms with van der Waals surface area (Å²) in [7, 11) is -3.78. The largest absolute Gasteiger partial charge is 0.462 e. The van der Waals surface area contributed by atoms with E-state index in [2.05, 4.69) is 10.0 Å². The normalized spacial score (nSPS) is 10.9. The molecule has 3 rings (SSSR count). The molecule has 0 aliphatic carbocycles. The summed E-state index contributed by atoms with van der Waals surface area (Å²) in [6.07, 6.45) is 0. The predicted molar refractivity (Wildman–Crippen MR) is 119 cm³/mol. The van der Waals surface area contributed by atoms with E-state index < -0.39 is 21.9 Å². The van der Waals surface area contributed by atoms with Crippen molar-refractivity contribution in [1.29, 1.82) is 0 Å². The van der Waals surface area contributed by atoms with Crippen LogP contribution in [0.1, 0.15) is 33.2 Å². The molecule has 2 N–H and O–H groups in total. The average molecular weight is 439 g/mol. The molecule has 0 unspecified atom stereocenters. The van der Waals surface area contributed by atoms with Crippen molar-refractivity contribution in [2.75, 3.05) is 16.6 Å². The Morgan fingerprint density at radius 1 is 0.903 bits per heavy atom. The Balaban J connectivity index is 1.76. The van der Waals surface area contributed by atoms with E-state index in [9.17, 15) is 18.0 Å². The summed E-state index contributed by atoms with van der Waals surface area (Å²) in [6.45, 7) is 3.75. The van der Waals surface area contributed by atoms with Crippen molar-refractivity contribution >= 4 is 33.3 Å². The Labute approximate surface area is 181 Å². The van der Waals surface area contributed by atoms with Crippen LogP contribution in [0.4, 0.5) is 11.4 Å². The molecule has 0 aromatic heterocycles. The smallest absolute Gasteiger partial charge is 0.338 e. The fraction of sp³-hybridized carbons (Fsp3) is 0.130. The number of carbonyl (C=O) groups is 2. The molecule has 31 heavy (non-hydrogen) atoms. The van der Waals surface area contributed by atoms with Crippen molar-refractivity contribution in [1.82, 2.24) is 0 Å². The monoisotopic (exact) mass is 438 g/mol. The van der Waals surface area contributed by atoms with E-state index in [1.165, 1.54) is 18.2 Å². The first-order valence-corrected chi connectivity index (χ1v) is 11.1. The highest BCUT2D eigenvalue weighted by atomic mass is 32.2. The van der Waals surface area contributed by atoms with Crippen LogP contribution in [-0.4, -0.2) is 26.9 Å². The topological polar surface area (TPSA) is 102 Å². The first-order valence-electron chi connectivity index (χ1n) is 9.57. The second kappa shape index (κ2) is 9.44. The quantitative estimate of drug-likeness (QED) is 0.538. The first kappa shape index (κ1) is 22.0. The van der Waals surface area contributed by atoms with Gasteiger partial charge in [-0.1, -0.05) is 24.3 Å². The van der Waals surface area contributed by atoms with Gasteiger partial charge in [-0.15, -0.1) is 0 Å². The minimum Gasteiger partial charge on any atom is -0.462 e. The van der Waals surface area contributed by atoms with Gasteiger partial charge in [-0.2, -0.15) is 0 Å². The van der Waals surface area contributed by atoms with E-state index in [0.29, 0.717) is 22.5 Å². The number of sulfonamides is 1. The first-order chi connectivity index (χ1) is 14.8. The van der Waals surface area contributed by atoms with Gasteiger partial charge in [0.15, 0.2) is 0 Å². The Morgan fingerprint density at radius 3 is 2.19 bits per heavy atom. The second-order valence-electron chi connectivity index (χ2n) is 6.70. The number of aryl methyl sites for hydroxylation is 1. The average Bonchev–Trinajstić information content (AvgIpc) is 2.76. The number of benzene rings is 3. The molecule has 0 saturated carbocycles. The Bertz CT molecular complexity index is 1190. The van der Waals surface area contributed by atoms with Gasteiger partial charge in [0.25, 0.3) is 15.9 Å². The molecule has 3 aromatic rings. The lowest BCUT2D eigenvalue weighted by atomic mass is 10.1. The van der Waals surface area contributed by atoms with Gasteiger partial charge >= 0.3 is 5.97 Å². The van der Waals surface area contributed by atoms with Gasteiger partial charge in [-0.3, -0.25) is 9.52 Å². The van der Waals surface area contributed by atoms with Gasteiger partial charge in [0, 0.05) is 11.3 Å². The highest BCUT2D eigenvalue weighted by Crippen LogP contribution is 2.22. The summed E-state index contributed by atoms with van der Waals surface area (Å²) < 4.78 is 32.7. The summed E-state index contributed by atoms with van der Waals surface area (Å²) in [6, 6.07) is 19.1. The third-order valence-electron chi connectivity index (χ3n) is 4.45. The Kier molecular flexibility index (Phi) is 6.71. The van der Waals surface area contributed by atoms with Gasteiger partial charge in [0.05, 0.1) is 22.8 Å². The molecule has 7 nitrogen and oxygen atoms in total. The zero-order valence-corrected chi connectivity index (χ0v) is 17.9. The number of hydrogen-bond acceptors (Lipinski definition) is 5. The molecule has 0 fully saturated rings. The second-order valence-corrected chi connectivity index (χ2v) is 8.38. The van der Waals surface area contributed by atoms with Crippen LogP contribution in [0.25, 0.3) is 0 Å². The van der Waals surface area contributed by atoms with E-state index in [1.54, 1.807) is 68.4 Å². The number of anilines is 2. The third kappa shape index (κ3) is 5.49. The highest BCUT2D eigenvalue weighted by Gasteiger charge is 2.16. The molecule has 0 saturated heterocycles. The summed E-state index contributed by atoms with van der Waals surface area (Å²) in [5.41, 5.74) is 2.15. The van der Waals surface area contributed by atoms with Crippen molar-refractivity contribution in [3.8, 4) is 0 Å². The van der Waals surface area contributed by atoms with Gasteiger partial charge in [-0.25, -0.2) is 13.2 Å². The van der Waals surface area contributed by atoms with E-state index in [-0.39, 0.29) is 17.1 Å². The zero-order chi connectivity index (χ0) is 22.4. The van der Waals surface area contributed by atoms with E-state index in [0.717, 1.165) is 0 Å². The molecular formula is C23H22N2O5S. The standard InChI is InChI=1S/C23H22N2O5S/c1-3-30-23(27)17-11-13-19(14-12-17)24-22(26)18-10-9-16(2)21(15-18)25-31(28,29)20-7-5-4-6-8-20/h4-15,25H,3H2,1-2H3,(H,24,26). The van der Waals surface area contributed by atoms with Crippen LogP contribution >= 0.6 is 0 Å². The Morgan fingerprint density at radius 2 is 1.55 bits per heavy atom. The van der Waals surface area contributed by atoms with Gasteiger partial charge in [0.2, 0.25) is 0 Å². The van der Waals surface area contributed by atoms with Crippen molar-refractivity contribution in [3.05, 3.63) is 89.5 Å². The van der Waals surface area contributed by atoms with E-state index in [4.69, 9.17) is 4.74 Å². The maximum absolute atomic E-state index is 12.7.